The number of amides is 1. The van der Waals surface area contributed by atoms with Crippen LogP contribution in [0.3, 0.4) is 0 Å². The maximum Gasteiger partial charge on any atom is 0.255 e. The zero-order valence-corrected chi connectivity index (χ0v) is 14.8. The van der Waals surface area contributed by atoms with Gasteiger partial charge in [0.05, 0.1) is 24.0 Å². The second-order valence-corrected chi connectivity index (χ2v) is 5.90. The number of methoxy groups -OCH3 is 1. The smallest absolute Gasteiger partial charge is 0.255 e. The number of hydrogen-bond donors (Lipinski definition) is 2. The number of halogens is 3. The Morgan fingerprint density at radius 3 is 2.44 bits per heavy atom. The van der Waals surface area contributed by atoms with E-state index in [1.165, 1.54) is 19.4 Å². The number of anilines is 3. The van der Waals surface area contributed by atoms with Gasteiger partial charge in [0.15, 0.2) is 11.6 Å². The van der Waals surface area contributed by atoms with Crippen LogP contribution in [-0.2, 0) is 0 Å². The lowest BCUT2D eigenvalue weighted by Gasteiger charge is -2.09. The summed E-state index contributed by atoms with van der Waals surface area (Å²) in [6.07, 6.45) is 1.44. The molecular weight excluding hydrogens is 376 g/mol. The zero-order chi connectivity index (χ0) is 19.4. The Labute approximate surface area is 159 Å². The molecule has 0 saturated heterocycles. The molecule has 0 aliphatic carbocycles. The summed E-state index contributed by atoms with van der Waals surface area (Å²) in [6, 6.07) is 11.4. The van der Waals surface area contributed by atoms with Crippen LogP contribution in [0.15, 0.2) is 54.7 Å². The van der Waals surface area contributed by atoms with Crippen LogP contribution in [0.5, 0.6) is 5.75 Å². The van der Waals surface area contributed by atoms with Gasteiger partial charge in [-0.1, -0.05) is 11.6 Å². The Balaban J connectivity index is 1.67. The van der Waals surface area contributed by atoms with Gasteiger partial charge in [0.2, 0.25) is 0 Å². The van der Waals surface area contributed by atoms with E-state index in [-0.39, 0.29) is 5.56 Å². The number of nitrogens with zero attached hydrogens (tertiary/aromatic N) is 1. The van der Waals surface area contributed by atoms with Crippen LogP contribution >= 0.6 is 11.6 Å². The van der Waals surface area contributed by atoms with Crippen molar-refractivity contribution in [2.45, 2.75) is 0 Å². The van der Waals surface area contributed by atoms with E-state index in [1.807, 2.05) is 0 Å². The van der Waals surface area contributed by atoms with Crippen LogP contribution in [0, 0.1) is 11.6 Å². The fourth-order valence-corrected chi connectivity index (χ4v) is 2.53. The Hall–Kier alpha value is -3.19. The van der Waals surface area contributed by atoms with Gasteiger partial charge in [0, 0.05) is 11.3 Å². The van der Waals surface area contributed by atoms with Gasteiger partial charge in [0.25, 0.3) is 5.91 Å². The number of carbonyl (C=O) groups is 1. The summed E-state index contributed by atoms with van der Waals surface area (Å²) in [4.78, 5) is 16.3. The number of aromatic nitrogens is 1. The van der Waals surface area contributed by atoms with Gasteiger partial charge in [0.1, 0.15) is 11.6 Å². The third kappa shape index (κ3) is 4.51. The highest BCUT2D eigenvalue weighted by atomic mass is 35.5. The summed E-state index contributed by atoms with van der Waals surface area (Å²) in [7, 11) is 1.53. The Morgan fingerprint density at radius 1 is 1.04 bits per heavy atom. The first kappa shape index (κ1) is 18.6. The van der Waals surface area contributed by atoms with Crippen molar-refractivity contribution in [3.63, 3.8) is 0 Å². The zero-order valence-electron chi connectivity index (χ0n) is 14.1. The molecule has 2 aromatic carbocycles. The fraction of sp³-hybridized carbons (Fsp3) is 0.0526. The average Bonchev–Trinajstić information content (AvgIpc) is 2.65. The largest absolute Gasteiger partial charge is 0.495 e. The second-order valence-electron chi connectivity index (χ2n) is 5.49. The summed E-state index contributed by atoms with van der Waals surface area (Å²) in [5.41, 5.74) is 1.12. The number of rotatable bonds is 5. The summed E-state index contributed by atoms with van der Waals surface area (Å²) in [6.45, 7) is 0. The molecule has 0 fully saturated rings. The lowest BCUT2D eigenvalue weighted by Crippen LogP contribution is -2.12. The molecule has 0 spiro atoms. The van der Waals surface area contributed by atoms with Crippen molar-refractivity contribution in [1.82, 2.24) is 4.98 Å². The summed E-state index contributed by atoms with van der Waals surface area (Å²) in [5.74, 6) is -1.58. The molecule has 3 aromatic rings. The summed E-state index contributed by atoms with van der Waals surface area (Å²) >= 11 is 6.07. The van der Waals surface area contributed by atoms with Crippen molar-refractivity contribution in [1.29, 1.82) is 0 Å². The van der Waals surface area contributed by atoms with E-state index >= 15 is 0 Å². The highest BCUT2D eigenvalue weighted by molar-refractivity contribution is 6.32. The number of ether oxygens (including phenoxy) is 1. The number of hydrogen-bond acceptors (Lipinski definition) is 4. The van der Waals surface area contributed by atoms with Gasteiger partial charge in [-0.25, -0.2) is 13.8 Å². The Bertz CT molecular complexity index is 981. The molecular formula is C19H14ClF2N3O2. The molecule has 0 bridgehead atoms. The lowest BCUT2D eigenvalue weighted by atomic mass is 10.2. The number of benzene rings is 2. The maximum absolute atomic E-state index is 13.2. The van der Waals surface area contributed by atoms with Crippen LogP contribution in [0.4, 0.5) is 26.0 Å². The van der Waals surface area contributed by atoms with Crippen LogP contribution in [0.2, 0.25) is 5.02 Å². The first-order valence-corrected chi connectivity index (χ1v) is 8.17. The average molecular weight is 390 g/mol. The minimum Gasteiger partial charge on any atom is -0.495 e. The van der Waals surface area contributed by atoms with Gasteiger partial charge in [-0.15, -0.1) is 0 Å². The molecule has 8 heteroatoms. The molecule has 1 amide bonds. The molecule has 2 N–H and O–H groups in total. The predicted molar refractivity (Wildman–Crippen MR) is 99.8 cm³/mol. The number of pyridine rings is 1. The highest BCUT2D eigenvalue weighted by Crippen LogP contribution is 2.28. The summed E-state index contributed by atoms with van der Waals surface area (Å²) < 4.78 is 31.3. The molecule has 0 saturated carbocycles. The molecule has 5 nitrogen and oxygen atoms in total. The van der Waals surface area contributed by atoms with Gasteiger partial charge in [-0.05, 0) is 48.5 Å². The van der Waals surface area contributed by atoms with Crippen molar-refractivity contribution in [2.75, 3.05) is 17.7 Å². The first-order chi connectivity index (χ1) is 13.0. The molecule has 1 heterocycles. The monoisotopic (exact) mass is 389 g/mol. The van der Waals surface area contributed by atoms with Crippen molar-refractivity contribution in [3.8, 4) is 5.75 Å². The van der Waals surface area contributed by atoms with Crippen molar-refractivity contribution >= 4 is 34.7 Å². The third-order valence-corrected chi connectivity index (χ3v) is 3.92. The minimum atomic E-state index is -1.08. The van der Waals surface area contributed by atoms with E-state index in [0.717, 1.165) is 12.1 Å². The fourth-order valence-electron chi connectivity index (χ4n) is 2.27. The minimum absolute atomic E-state index is 0.00368. The molecule has 0 atom stereocenters. The van der Waals surface area contributed by atoms with E-state index in [2.05, 4.69) is 15.6 Å². The molecule has 138 valence electrons. The van der Waals surface area contributed by atoms with E-state index in [4.69, 9.17) is 16.3 Å². The Morgan fingerprint density at radius 2 is 1.81 bits per heavy atom. The van der Waals surface area contributed by atoms with Crippen LogP contribution < -0.4 is 15.4 Å². The predicted octanol–water partition coefficient (Wildman–Crippen LogP) is 5.02. The first-order valence-electron chi connectivity index (χ1n) is 7.79. The van der Waals surface area contributed by atoms with Gasteiger partial charge >= 0.3 is 0 Å². The Kier molecular flexibility index (Phi) is 5.52. The van der Waals surface area contributed by atoms with Crippen molar-refractivity contribution < 1.29 is 18.3 Å². The maximum atomic E-state index is 13.2. The van der Waals surface area contributed by atoms with E-state index in [9.17, 15) is 13.6 Å². The molecule has 1 aromatic heterocycles. The topological polar surface area (TPSA) is 63.2 Å². The molecule has 0 aliphatic heterocycles. The van der Waals surface area contributed by atoms with Crippen LogP contribution in [-0.4, -0.2) is 18.0 Å². The van der Waals surface area contributed by atoms with Crippen LogP contribution in [0.1, 0.15) is 10.4 Å². The van der Waals surface area contributed by atoms with Crippen LogP contribution in [0.25, 0.3) is 0 Å². The SMILES string of the molecule is COc1ccc(Nc2ccc(NC(=O)c3ccc(F)c(F)c3)cn2)cc1Cl. The van der Waals surface area contributed by atoms with Gasteiger partial charge < -0.3 is 15.4 Å². The standard InChI is InChI=1S/C19H14ClF2N3O2/c1-27-17-6-3-12(9-14(17)20)24-18-7-4-13(10-23-18)25-19(26)11-2-5-15(21)16(22)8-11/h2-10H,1H3,(H,23,24)(H,25,26). The number of carbonyl (C=O) groups excluding carboxylic acids is 1. The number of nitrogens with one attached hydrogen (secondary N) is 2. The lowest BCUT2D eigenvalue weighted by molar-refractivity contribution is 0.102. The molecule has 3 rings (SSSR count). The second kappa shape index (κ2) is 8.01. The van der Waals surface area contributed by atoms with Crippen molar-refractivity contribution in [3.05, 3.63) is 76.9 Å². The normalized spacial score (nSPS) is 10.4. The van der Waals surface area contributed by atoms with E-state index in [1.54, 1.807) is 30.3 Å². The third-order valence-electron chi connectivity index (χ3n) is 3.63. The van der Waals surface area contributed by atoms with E-state index in [0.29, 0.717) is 28.0 Å². The summed E-state index contributed by atoms with van der Waals surface area (Å²) in [5, 5.41) is 6.09. The van der Waals surface area contributed by atoms with Gasteiger partial charge in [-0.2, -0.15) is 0 Å². The van der Waals surface area contributed by atoms with Gasteiger partial charge in [-0.3, -0.25) is 4.79 Å². The molecule has 0 unspecified atom stereocenters. The molecule has 0 aliphatic rings. The highest BCUT2D eigenvalue weighted by Gasteiger charge is 2.10. The van der Waals surface area contributed by atoms with E-state index < -0.39 is 17.5 Å². The molecule has 0 radical (unpaired) electrons. The molecule has 27 heavy (non-hydrogen) atoms. The van der Waals surface area contributed by atoms with Crippen molar-refractivity contribution in [2.24, 2.45) is 0 Å². The quantitative estimate of drug-likeness (QED) is 0.643.